The molecule has 0 radical (unpaired) electrons. The highest BCUT2D eigenvalue weighted by molar-refractivity contribution is 14.1. The van der Waals surface area contributed by atoms with Crippen molar-refractivity contribution in [2.75, 3.05) is 24.1 Å². The molecule has 0 amide bonds. The van der Waals surface area contributed by atoms with Crippen molar-refractivity contribution >= 4 is 22.6 Å². The van der Waals surface area contributed by atoms with Gasteiger partial charge >= 0.3 is 0 Å². The molecule has 16 heavy (non-hydrogen) atoms. The van der Waals surface area contributed by atoms with Crippen LogP contribution in [-0.4, -0.2) is 29.0 Å². The molecule has 1 unspecified atom stereocenters. The van der Waals surface area contributed by atoms with Crippen molar-refractivity contribution in [3.8, 4) is 0 Å². The van der Waals surface area contributed by atoms with Crippen molar-refractivity contribution in [2.24, 2.45) is 23.7 Å². The minimum atomic E-state index is 0.778. The Bertz CT molecular complexity index is 156. The molecule has 0 aliphatic rings. The Morgan fingerprint density at radius 3 is 1.50 bits per heavy atom. The third-order valence-electron chi connectivity index (χ3n) is 2.88. The van der Waals surface area contributed by atoms with Crippen molar-refractivity contribution in [1.82, 2.24) is 4.90 Å². The van der Waals surface area contributed by atoms with E-state index < -0.39 is 0 Å². The smallest absolute Gasteiger partial charge is 0.00383 e. The average Bonchev–Trinajstić information content (AvgIpc) is 2.11. The molecule has 0 saturated carbocycles. The normalized spacial score (nSPS) is 14.4. The maximum Gasteiger partial charge on any atom is 0.00383 e. The first-order chi connectivity index (χ1) is 7.36. The third-order valence-corrected chi connectivity index (χ3v) is 4.01. The van der Waals surface area contributed by atoms with Crippen molar-refractivity contribution in [1.29, 1.82) is 0 Å². The van der Waals surface area contributed by atoms with Crippen LogP contribution in [0.25, 0.3) is 0 Å². The Kier molecular flexibility index (Phi) is 9.11. The third kappa shape index (κ3) is 7.88. The van der Waals surface area contributed by atoms with Crippen molar-refractivity contribution in [2.45, 2.75) is 41.5 Å². The minimum absolute atomic E-state index is 0.778. The second-order valence-electron chi connectivity index (χ2n) is 6.16. The largest absolute Gasteiger partial charge is 0.303 e. The quantitative estimate of drug-likeness (QED) is 0.471. The van der Waals surface area contributed by atoms with Gasteiger partial charge in [0.1, 0.15) is 0 Å². The molecule has 1 atom stereocenters. The average molecular weight is 339 g/mol. The predicted molar refractivity (Wildman–Crippen MR) is 83.3 cm³/mol. The fraction of sp³-hybridized carbons (Fsp3) is 1.00. The van der Waals surface area contributed by atoms with E-state index >= 15 is 0 Å². The Balaban J connectivity index is 4.27. The van der Waals surface area contributed by atoms with E-state index in [4.69, 9.17) is 0 Å². The molecule has 0 aliphatic heterocycles. The van der Waals surface area contributed by atoms with Gasteiger partial charge in [0, 0.05) is 24.1 Å². The molecule has 0 aromatic rings. The number of hydrogen-bond donors (Lipinski definition) is 0. The summed E-state index contributed by atoms with van der Waals surface area (Å²) in [6, 6.07) is 0. The molecule has 0 rings (SSSR count). The van der Waals surface area contributed by atoms with E-state index in [1.807, 2.05) is 0 Å². The lowest BCUT2D eigenvalue weighted by molar-refractivity contribution is 0.177. The monoisotopic (exact) mass is 339 g/mol. The lowest BCUT2D eigenvalue weighted by Crippen LogP contribution is -2.37. The van der Waals surface area contributed by atoms with Crippen LogP contribution in [0.1, 0.15) is 41.5 Å². The second-order valence-corrected chi connectivity index (χ2v) is 7.05. The summed E-state index contributed by atoms with van der Waals surface area (Å²) in [7, 11) is 0. The van der Waals surface area contributed by atoms with Crippen LogP contribution in [0.15, 0.2) is 0 Å². The van der Waals surface area contributed by atoms with E-state index in [1.54, 1.807) is 0 Å². The minimum Gasteiger partial charge on any atom is -0.303 e. The van der Waals surface area contributed by atoms with Gasteiger partial charge in [0.15, 0.2) is 0 Å². The van der Waals surface area contributed by atoms with Crippen LogP contribution in [0, 0.1) is 23.7 Å². The van der Waals surface area contributed by atoms with Crippen LogP contribution in [0.2, 0.25) is 0 Å². The number of halogens is 1. The van der Waals surface area contributed by atoms with Gasteiger partial charge < -0.3 is 4.90 Å². The number of hydrogen-bond acceptors (Lipinski definition) is 1. The van der Waals surface area contributed by atoms with E-state index in [9.17, 15) is 0 Å². The van der Waals surface area contributed by atoms with E-state index in [0.29, 0.717) is 0 Å². The van der Waals surface area contributed by atoms with Crippen LogP contribution >= 0.6 is 22.6 Å². The second kappa shape index (κ2) is 8.73. The highest BCUT2D eigenvalue weighted by atomic mass is 127. The topological polar surface area (TPSA) is 3.24 Å². The zero-order chi connectivity index (χ0) is 12.7. The van der Waals surface area contributed by atoms with Gasteiger partial charge in [-0.05, 0) is 23.7 Å². The van der Waals surface area contributed by atoms with Gasteiger partial charge in [-0.1, -0.05) is 64.1 Å². The van der Waals surface area contributed by atoms with E-state index in [2.05, 4.69) is 69.0 Å². The zero-order valence-corrected chi connectivity index (χ0v) is 14.1. The summed E-state index contributed by atoms with van der Waals surface area (Å²) in [5, 5.41) is 0. The van der Waals surface area contributed by atoms with Gasteiger partial charge in [-0.3, -0.25) is 0 Å². The fourth-order valence-corrected chi connectivity index (χ4v) is 3.32. The molecule has 0 fully saturated rings. The fourth-order valence-electron chi connectivity index (χ4n) is 2.03. The van der Waals surface area contributed by atoms with Crippen LogP contribution in [0.5, 0.6) is 0 Å². The van der Waals surface area contributed by atoms with Crippen LogP contribution < -0.4 is 0 Å². The SMILES string of the molecule is CC(C)CN(CC(C)C)CC(CI)C(C)C. The highest BCUT2D eigenvalue weighted by Crippen LogP contribution is 2.17. The summed E-state index contributed by atoms with van der Waals surface area (Å²) in [6.45, 7) is 17.8. The molecule has 0 aliphatic carbocycles. The van der Waals surface area contributed by atoms with E-state index in [0.717, 1.165) is 23.7 Å². The molecule has 0 aromatic heterocycles. The Morgan fingerprint density at radius 1 is 0.812 bits per heavy atom. The molecule has 0 N–H and O–H groups in total. The summed E-state index contributed by atoms with van der Waals surface area (Å²) in [5.74, 6) is 3.21. The standard InChI is InChI=1S/C14H30IN/c1-11(2)8-16(9-12(3)4)10-14(7-15)13(5)6/h11-14H,7-10H2,1-6H3. The first-order valence-electron chi connectivity index (χ1n) is 6.65. The van der Waals surface area contributed by atoms with Crippen LogP contribution in [-0.2, 0) is 0 Å². The molecular weight excluding hydrogens is 309 g/mol. The van der Waals surface area contributed by atoms with Gasteiger partial charge in [0.2, 0.25) is 0 Å². The van der Waals surface area contributed by atoms with Crippen molar-refractivity contribution in [3.05, 3.63) is 0 Å². The molecule has 98 valence electrons. The van der Waals surface area contributed by atoms with E-state index in [1.165, 1.54) is 24.1 Å². The molecule has 0 aromatic carbocycles. The maximum absolute atomic E-state index is 2.67. The van der Waals surface area contributed by atoms with Crippen LogP contribution in [0.4, 0.5) is 0 Å². The molecule has 0 saturated heterocycles. The van der Waals surface area contributed by atoms with Crippen molar-refractivity contribution < 1.29 is 0 Å². The predicted octanol–water partition coefficient (Wildman–Crippen LogP) is 4.31. The lowest BCUT2D eigenvalue weighted by atomic mass is 9.96. The first kappa shape index (κ1) is 16.7. The van der Waals surface area contributed by atoms with Gasteiger partial charge in [0.05, 0.1) is 0 Å². The Labute approximate surface area is 117 Å². The molecule has 0 spiro atoms. The summed E-state index contributed by atoms with van der Waals surface area (Å²) in [6.07, 6.45) is 0. The first-order valence-corrected chi connectivity index (χ1v) is 8.17. The summed E-state index contributed by atoms with van der Waals surface area (Å²) in [4.78, 5) is 2.67. The van der Waals surface area contributed by atoms with Gasteiger partial charge in [0.25, 0.3) is 0 Å². The van der Waals surface area contributed by atoms with Crippen LogP contribution in [0.3, 0.4) is 0 Å². The summed E-state index contributed by atoms with van der Waals surface area (Å²) >= 11 is 2.54. The molecule has 0 heterocycles. The Hall–Kier alpha value is 0.690. The number of rotatable bonds is 8. The lowest BCUT2D eigenvalue weighted by Gasteiger charge is -2.31. The molecule has 2 heteroatoms. The molecular formula is C14H30IN. The van der Waals surface area contributed by atoms with Gasteiger partial charge in [-0.2, -0.15) is 0 Å². The summed E-state index contributed by atoms with van der Waals surface area (Å²) in [5.41, 5.74) is 0. The van der Waals surface area contributed by atoms with Gasteiger partial charge in [-0.15, -0.1) is 0 Å². The molecule has 0 bridgehead atoms. The Morgan fingerprint density at radius 2 is 1.25 bits per heavy atom. The summed E-state index contributed by atoms with van der Waals surface area (Å²) < 4.78 is 1.28. The maximum atomic E-state index is 2.67. The zero-order valence-electron chi connectivity index (χ0n) is 12.0. The number of nitrogens with zero attached hydrogens (tertiary/aromatic N) is 1. The van der Waals surface area contributed by atoms with Crippen molar-refractivity contribution in [3.63, 3.8) is 0 Å². The van der Waals surface area contributed by atoms with E-state index in [-0.39, 0.29) is 0 Å². The molecule has 1 nitrogen and oxygen atoms in total. The highest BCUT2D eigenvalue weighted by Gasteiger charge is 2.17. The van der Waals surface area contributed by atoms with Gasteiger partial charge in [-0.25, -0.2) is 0 Å². The number of alkyl halides is 1.